The van der Waals surface area contributed by atoms with Crippen LogP contribution in [0.3, 0.4) is 0 Å². The van der Waals surface area contributed by atoms with Crippen LogP contribution in [0.4, 0.5) is 0 Å². The zero-order valence-electron chi connectivity index (χ0n) is 24.0. The Labute approximate surface area is 244 Å². The van der Waals surface area contributed by atoms with Crippen molar-refractivity contribution in [2.45, 2.75) is 107 Å². The third kappa shape index (κ3) is 5.66. The van der Waals surface area contributed by atoms with Crippen molar-refractivity contribution >= 4 is 11.9 Å². The molecule has 0 aromatic heterocycles. The second kappa shape index (κ2) is 12.4. The Morgan fingerprint density at radius 1 is 1.12 bits per heavy atom. The predicted molar refractivity (Wildman–Crippen MR) is 146 cm³/mol. The van der Waals surface area contributed by atoms with Crippen LogP contribution in [0.5, 0.6) is 5.75 Å². The van der Waals surface area contributed by atoms with Crippen LogP contribution in [0.1, 0.15) is 63.0 Å². The van der Waals surface area contributed by atoms with Crippen molar-refractivity contribution in [3.8, 4) is 5.75 Å². The highest BCUT2D eigenvalue weighted by atomic mass is 16.7. The Bertz CT molecular complexity index is 1150. The summed E-state index contributed by atoms with van der Waals surface area (Å²) in [6, 6.07) is 4.82. The molecule has 0 spiro atoms. The molecular formula is C30H43NO11. The van der Waals surface area contributed by atoms with Gasteiger partial charge in [-0.1, -0.05) is 13.0 Å². The first kappa shape index (κ1) is 31.1. The number of carboxylic acids is 1. The van der Waals surface area contributed by atoms with Crippen LogP contribution < -0.4 is 10.1 Å². The standard InChI is InChI=1S/C30H43NO11/c1-14(33)31-23-25(37)24(36)20(13-32)41-29(23)42-27-22-19-7-5-15-12-16(40-11-3-4-21(34)35)6-8-17(15)18(19)9-10-30(22,2)28(39)26(27)38/h6,8,12,18-20,22-29,32,36-39H,3-5,7,9-11,13H2,1-2H3,(H,31,33)(H,34,35)/t18-,19-,20-,22-,23-,24-,25-,26-,27-,28+,29+,30+/m1/s1. The molecule has 42 heavy (non-hydrogen) atoms. The minimum absolute atomic E-state index is 0.0491. The summed E-state index contributed by atoms with van der Waals surface area (Å²) in [5, 5.41) is 64.9. The maximum absolute atomic E-state index is 11.9. The van der Waals surface area contributed by atoms with Gasteiger partial charge in [0.05, 0.1) is 25.4 Å². The van der Waals surface area contributed by atoms with Crippen LogP contribution in [0.2, 0.25) is 0 Å². The lowest BCUT2D eigenvalue weighted by molar-refractivity contribution is -0.294. The Hall–Kier alpha value is -2.32. The van der Waals surface area contributed by atoms with Gasteiger partial charge in [0.2, 0.25) is 5.91 Å². The molecule has 3 fully saturated rings. The fraction of sp³-hybridized carbons (Fsp3) is 0.733. The summed E-state index contributed by atoms with van der Waals surface area (Å²) in [5.74, 6) is -0.709. The van der Waals surface area contributed by atoms with Crippen LogP contribution in [-0.2, 0) is 25.5 Å². The van der Waals surface area contributed by atoms with E-state index in [4.69, 9.17) is 19.3 Å². The second-order valence-electron chi connectivity index (χ2n) is 12.6. The SMILES string of the molecule is CC(=O)N[C@H]1[C@H](O[C@H]2[C@@H](O)[C@H](O)[C@@]3(C)CC[C@@H]4c5ccc(OCCCC(=O)O)cc5CC[C@H]4[C@H]23)O[C@H](CO)[C@@H](O)[C@@H]1O. The molecule has 1 aromatic rings. The third-order valence-electron chi connectivity index (χ3n) is 10.0. The largest absolute Gasteiger partial charge is 0.494 e. The van der Waals surface area contributed by atoms with Crippen LogP contribution >= 0.6 is 0 Å². The minimum atomic E-state index is -1.49. The number of aliphatic hydroxyl groups is 5. The van der Waals surface area contributed by atoms with Crippen molar-refractivity contribution in [2.75, 3.05) is 13.2 Å². The summed E-state index contributed by atoms with van der Waals surface area (Å²) in [6.45, 7) is 2.96. The molecule has 1 amide bonds. The molecule has 4 aliphatic rings. The van der Waals surface area contributed by atoms with Gasteiger partial charge in [0, 0.05) is 18.8 Å². The molecule has 12 heteroatoms. The van der Waals surface area contributed by atoms with E-state index in [-0.39, 0.29) is 24.2 Å². The molecule has 0 radical (unpaired) electrons. The highest BCUT2D eigenvalue weighted by molar-refractivity contribution is 5.73. The lowest BCUT2D eigenvalue weighted by atomic mass is 9.55. The number of carboxylic acid groups (broad SMARTS) is 1. The van der Waals surface area contributed by atoms with E-state index in [1.54, 1.807) is 0 Å². The van der Waals surface area contributed by atoms with Crippen LogP contribution in [0.25, 0.3) is 0 Å². The molecule has 1 aromatic carbocycles. The van der Waals surface area contributed by atoms with Gasteiger partial charge in [0.15, 0.2) is 6.29 Å². The minimum Gasteiger partial charge on any atom is -0.494 e. The highest BCUT2D eigenvalue weighted by Gasteiger charge is 2.64. The van der Waals surface area contributed by atoms with Gasteiger partial charge < -0.3 is 50.2 Å². The fourth-order valence-electron chi connectivity index (χ4n) is 7.99. The van der Waals surface area contributed by atoms with Crippen molar-refractivity contribution in [2.24, 2.45) is 17.3 Å². The van der Waals surface area contributed by atoms with Gasteiger partial charge in [-0.3, -0.25) is 9.59 Å². The average Bonchev–Trinajstić information content (AvgIpc) is 3.14. The van der Waals surface area contributed by atoms with E-state index in [0.29, 0.717) is 25.2 Å². The molecular weight excluding hydrogens is 550 g/mol. The first-order valence-electron chi connectivity index (χ1n) is 14.8. The molecule has 12 nitrogen and oxygen atoms in total. The molecule has 0 bridgehead atoms. The van der Waals surface area contributed by atoms with E-state index < -0.39 is 72.9 Å². The Morgan fingerprint density at radius 3 is 2.57 bits per heavy atom. The summed E-state index contributed by atoms with van der Waals surface area (Å²) >= 11 is 0. The Balaban J connectivity index is 1.38. The quantitative estimate of drug-likeness (QED) is 0.191. The number of ether oxygens (including phenoxy) is 3. The zero-order chi connectivity index (χ0) is 30.3. The van der Waals surface area contributed by atoms with Crippen LogP contribution in [0, 0.1) is 17.3 Å². The summed E-state index contributed by atoms with van der Waals surface area (Å²) in [4.78, 5) is 22.7. The lowest BCUT2D eigenvalue weighted by Crippen LogP contribution is -2.65. The average molecular weight is 594 g/mol. The van der Waals surface area contributed by atoms with Gasteiger partial charge in [-0.05, 0) is 73.1 Å². The number of rotatable bonds is 9. The molecule has 1 heterocycles. The number of carbonyl (C=O) groups excluding carboxylic acids is 1. The number of nitrogens with one attached hydrogen (secondary N) is 1. The predicted octanol–water partition coefficient (Wildman–Crippen LogP) is 0.0568. The second-order valence-corrected chi connectivity index (χ2v) is 12.6. The molecule has 3 aliphatic carbocycles. The molecule has 5 rings (SSSR count). The van der Waals surface area contributed by atoms with Crippen molar-refractivity contribution in [3.63, 3.8) is 0 Å². The first-order valence-corrected chi connectivity index (χ1v) is 14.8. The number of aliphatic hydroxyl groups excluding tert-OH is 5. The molecule has 2 saturated carbocycles. The lowest BCUT2D eigenvalue weighted by Gasteiger charge is -2.51. The number of aryl methyl sites for hydroxylation is 1. The highest BCUT2D eigenvalue weighted by Crippen LogP contribution is 2.62. The molecule has 0 unspecified atom stereocenters. The fourth-order valence-corrected chi connectivity index (χ4v) is 7.99. The Kier molecular flexibility index (Phi) is 9.15. The summed E-state index contributed by atoms with van der Waals surface area (Å²) < 4.78 is 18.0. The number of fused-ring (bicyclic) bond motifs is 5. The number of benzene rings is 1. The summed E-state index contributed by atoms with van der Waals surface area (Å²) in [6.07, 6.45) is -5.14. The Morgan fingerprint density at radius 2 is 1.88 bits per heavy atom. The van der Waals surface area contributed by atoms with Gasteiger partial charge in [-0.25, -0.2) is 0 Å². The van der Waals surface area contributed by atoms with Crippen molar-refractivity contribution in [1.82, 2.24) is 5.32 Å². The van der Waals surface area contributed by atoms with Gasteiger partial charge in [-0.2, -0.15) is 0 Å². The van der Waals surface area contributed by atoms with Crippen molar-refractivity contribution in [1.29, 1.82) is 0 Å². The topological polar surface area (TPSA) is 195 Å². The van der Waals surface area contributed by atoms with E-state index in [0.717, 1.165) is 24.8 Å². The van der Waals surface area contributed by atoms with Gasteiger partial charge in [-0.15, -0.1) is 0 Å². The van der Waals surface area contributed by atoms with Gasteiger partial charge in [0.1, 0.15) is 36.2 Å². The monoisotopic (exact) mass is 593 g/mol. The maximum Gasteiger partial charge on any atom is 0.303 e. The number of amides is 1. The number of hydrogen-bond acceptors (Lipinski definition) is 10. The molecule has 234 valence electrons. The number of aliphatic carboxylic acids is 1. The van der Waals surface area contributed by atoms with E-state index in [1.807, 2.05) is 19.1 Å². The zero-order valence-corrected chi connectivity index (χ0v) is 24.0. The van der Waals surface area contributed by atoms with Crippen molar-refractivity contribution < 1.29 is 54.4 Å². The van der Waals surface area contributed by atoms with Crippen molar-refractivity contribution in [3.05, 3.63) is 29.3 Å². The number of carbonyl (C=O) groups is 2. The smallest absolute Gasteiger partial charge is 0.303 e. The first-order chi connectivity index (χ1) is 20.0. The maximum atomic E-state index is 11.9. The third-order valence-corrected chi connectivity index (χ3v) is 10.0. The van der Waals surface area contributed by atoms with Gasteiger partial charge >= 0.3 is 5.97 Å². The van der Waals surface area contributed by atoms with E-state index in [9.17, 15) is 35.1 Å². The molecule has 1 aliphatic heterocycles. The van der Waals surface area contributed by atoms with E-state index >= 15 is 0 Å². The molecule has 7 N–H and O–H groups in total. The van der Waals surface area contributed by atoms with E-state index in [2.05, 4.69) is 11.4 Å². The van der Waals surface area contributed by atoms with Gasteiger partial charge in [0.25, 0.3) is 0 Å². The number of hydrogen-bond donors (Lipinski definition) is 7. The summed E-state index contributed by atoms with van der Waals surface area (Å²) in [7, 11) is 0. The molecule has 12 atom stereocenters. The van der Waals surface area contributed by atoms with E-state index in [1.165, 1.54) is 12.5 Å². The normalized spacial score (nSPS) is 40.9. The molecule has 1 saturated heterocycles. The van der Waals surface area contributed by atoms with Crippen LogP contribution in [-0.4, -0.2) is 105 Å². The van der Waals surface area contributed by atoms with Crippen LogP contribution in [0.15, 0.2) is 18.2 Å². The summed E-state index contributed by atoms with van der Waals surface area (Å²) in [5.41, 5.74) is 1.70.